The van der Waals surface area contributed by atoms with Crippen molar-refractivity contribution in [1.82, 2.24) is 0 Å². The minimum Gasteiger partial charge on any atom is -0.213 e. The first-order chi connectivity index (χ1) is 1.00. The summed E-state index contributed by atoms with van der Waals surface area (Å²) in [7, 11) is 0. The van der Waals surface area contributed by atoms with Crippen molar-refractivity contribution in [1.29, 1.82) is 11.1 Å². The number of nitrogens with one attached hydrogen (secondary N) is 2. The molecule has 0 rings (SSSR count). The van der Waals surface area contributed by atoms with Gasteiger partial charge in [-0.1, -0.05) is 0 Å². The smallest absolute Gasteiger partial charge is 0.147 e. The van der Waals surface area contributed by atoms with E-state index in [2.05, 4.69) is 0 Å². The highest BCUT2D eigenvalue weighted by atomic mass is 35.5. The van der Waals surface area contributed by atoms with Crippen LogP contribution in [0.25, 0.3) is 0 Å². The summed E-state index contributed by atoms with van der Waals surface area (Å²) in [5, 5.41) is 0. The molecule has 2 nitrogen and oxygen atoms in total. The van der Waals surface area contributed by atoms with Crippen LogP contribution < -0.4 is 0 Å². The van der Waals surface area contributed by atoms with Crippen LogP contribution in [0.5, 0.6) is 0 Å². The van der Waals surface area contributed by atoms with Crippen molar-refractivity contribution in [2.45, 2.75) is 0 Å². The van der Waals surface area contributed by atoms with Gasteiger partial charge in [0.25, 0.3) is 0 Å². The van der Waals surface area contributed by atoms with E-state index in [0.717, 1.165) is 0 Å². The Bertz CT molecular complexity index is 4.00. The molecule has 0 unspecified atom stereocenters. The van der Waals surface area contributed by atoms with Crippen molar-refractivity contribution < 1.29 is 0 Å². The molecule has 0 aromatic heterocycles. The average molecular weight is 103 g/mol. The van der Waals surface area contributed by atoms with Gasteiger partial charge < -0.3 is 0 Å². The Hall–Kier alpha value is 0.180. The van der Waals surface area contributed by atoms with Gasteiger partial charge in [-0.3, -0.25) is 0 Å². The van der Waals surface area contributed by atoms with Crippen molar-refractivity contribution in [3.63, 3.8) is 0 Å². The van der Waals surface area contributed by atoms with Gasteiger partial charge in [0.2, 0.25) is 0 Å². The minimum atomic E-state index is 0. The topological polar surface area (TPSA) is 47.7 Å². The van der Waals surface area contributed by atoms with E-state index in [-0.39, 0.29) is 24.8 Å². The number of hydrogen-bond acceptors (Lipinski definition) is 2. The third-order valence-corrected chi connectivity index (χ3v) is 0. The van der Waals surface area contributed by atoms with Crippen LogP contribution in [0.3, 0.4) is 0 Å². The molecule has 0 saturated carbocycles. The van der Waals surface area contributed by atoms with Gasteiger partial charge in [-0.15, -0.1) is 24.8 Å². The maximum atomic E-state index is 5.00. The SMILES string of the molecule is Cl.Cl.N=N. The summed E-state index contributed by atoms with van der Waals surface area (Å²) in [6, 6.07) is 0. The summed E-state index contributed by atoms with van der Waals surface area (Å²) in [4.78, 5) is 0. The second kappa shape index (κ2) is 466. The van der Waals surface area contributed by atoms with E-state index in [4.69, 9.17) is 11.1 Å². The Morgan fingerprint density at radius 3 is 0.750 bits per heavy atom. The molecule has 0 fully saturated rings. The highest BCUT2D eigenvalue weighted by Crippen LogP contribution is 0.791. The van der Waals surface area contributed by atoms with Crippen LogP contribution >= 0.6 is 24.8 Å². The molecule has 2 N–H and O–H groups in total. The van der Waals surface area contributed by atoms with Gasteiger partial charge in [0.05, 0.1) is 0 Å². The Balaban J connectivity index is -0.00000000500. The molecule has 0 atom stereocenters. The van der Waals surface area contributed by atoms with Gasteiger partial charge in [0.15, 0.2) is 0 Å². The number of rotatable bonds is 0. The van der Waals surface area contributed by atoms with Crippen molar-refractivity contribution in [2.75, 3.05) is 0 Å². The molecule has 0 aliphatic carbocycles. The summed E-state index contributed by atoms with van der Waals surface area (Å²) in [6.07, 6.45) is 0. The standard InChI is InChI=1S/2ClH.H2N2/c;;1-2/h2*1H;1-2H. The maximum Gasteiger partial charge on any atom is -0.147 e. The van der Waals surface area contributed by atoms with E-state index < -0.39 is 0 Å². The second-order valence-corrected chi connectivity index (χ2v) is 0. The van der Waals surface area contributed by atoms with Crippen LogP contribution in [0.1, 0.15) is 0 Å². The highest BCUT2D eigenvalue weighted by molar-refractivity contribution is 5.85. The molecular weight excluding hydrogens is 98.9 g/mol. The number of hydrogen-bond donors (Lipinski definition) is 2. The zero-order valence-electron chi connectivity index (χ0n) is 1.82. The fraction of sp³-hybridized carbons (Fsp3) is 0. The predicted molar refractivity (Wildman–Crippen MR) is 19.9 cm³/mol. The third-order valence-electron chi connectivity index (χ3n) is 0. The second-order valence-electron chi connectivity index (χ2n) is 0. The molecule has 0 spiro atoms. The summed E-state index contributed by atoms with van der Waals surface area (Å²) >= 11 is 0. The molecule has 0 bridgehead atoms. The monoisotopic (exact) mass is 102 g/mol. The zero-order valence-corrected chi connectivity index (χ0v) is 3.45. The molecule has 0 radical (unpaired) electrons. The molecule has 28 valence electrons. The largest absolute Gasteiger partial charge is 0.213 e. The summed E-state index contributed by atoms with van der Waals surface area (Å²) in [5.41, 5.74) is 10.0. The zero-order chi connectivity index (χ0) is 2.00. The average Bonchev–Trinajstić information content (AvgIpc) is 1.00. The maximum absolute atomic E-state index is 5.00. The van der Waals surface area contributed by atoms with Crippen molar-refractivity contribution >= 4 is 24.8 Å². The van der Waals surface area contributed by atoms with E-state index >= 15 is 0 Å². The van der Waals surface area contributed by atoms with Gasteiger partial charge in [0, 0.05) is 0 Å². The Morgan fingerprint density at radius 2 is 0.750 bits per heavy atom. The van der Waals surface area contributed by atoms with E-state index in [1.807, 2.05) is 0 Å². The van der Waals surface area contributed by atoms with Gasteiger partial charge >= 0.3 is 0 Å². The summed E-state index contributed by atoms with van der Waals surface area (Å²) < 4.78 is 0. The lowest BCUT2D eigenvalue weighted by atomic mass is 13.3. The Kier molecular flexibility index (Phi) is 3540. The van der Waals surface area contributed by atoms with Crippen LogP contribution in [-0.2, 0) is 0 Å². The fourth-order valence-electron chi connectivity index (χ4n) is 0. The molecule has 0 aromatic carbocycles. The van der Waals surface area contributed by atoms with E-state index in [0.29, 0.717) is 0 Å². The summed E-state index contributed by atoms with van der Waals surface area (Å²) in [6.45, 7) is 0. The van der Waals surface area contributed by atoms with Crippen LogP contribution in [0.15, 0.2) is 0 Å². The lowest BCUT2D eigenvalue weighted by Gasteiger charge is -0.920. The van der Waals surface area contributed by atoms with Gasteiger partial charge in [-0.2, -0.15) is 0 Å². The lowest BCUT2D eigenvalue weighted by molar-refractivity contribution is 1.05. The van der Waals surface area contributed by atoms with Crippen LogP contribution in [0.2, 0.25) is 0 Å². The number of halogens is 2. The van der Waals surface area contributed by atoms with E-state index in [1.165, 1.54) is 0 Å². The molecular formula is H4Cl2N2. The van der Waals surface area contributed by atoms with Gasteiger partial charge in [-0.05, 0) is 0 Å². The first-order valence-electron chi connectivity index (χ1n) is 0.250. The lowest BCUT2D eigenvalue weighted by Crippen LogP contribution is -0.623. The van der Waals surface area contributed by atoms with Gasteiger partial charge in [0.1, 0.15) is 0 Å². The normalized spacial score (nSPS) is 1.00. The van der Waals surface area contributed by atoms with E-state index in [1.54, 1.807) is 0 Å². The minimum absolute atomic E-state index is 0. The first kappa shape index (κ1) is 30.4. The fourth-order valence-corrected chi connectivity index (χ4v) is 0. The Labute approximate surface area is 36.7 Å². The van der Waals surface area contributed by atoms with Crippen molar-refractivity contribution in [2.24, 2.45) is 0 Å². The van der Waals surface area contributed by atoms with Crippen molar-refractivity contribution in [3.8, 4) is 0 Å². The molecule has 0 aliphatic heterocycles. The molecule has 0 aliphatic rings. The molecule has 4 heteroatoms. The molecule has 0 amide bonds. The van der Waals surface area contributed by atoms with Crippen LogP contribution in [-0.4, -0.2) is 0 Å². The third kappa shape index (κ3) is 93.7. The van der Waals surface area contributed by atoms with Crippen molar-refractivity contribution in [3.05, 3.63) is 0 Å². The van der Waals surface area contributed by atoms with E-state index in [9.17, 15) is 0 Å². The quantitative estimate of drug-likeness (QED) is 0.436. The molecule has 4 heavy (non-hydrogen) atoms. The first-order valence-corrected chi connectivity index (χ1v) is 0.250. The molecule has 0 heterocycles. The van der Waals surface area contributed by atoms with Crippen LogP contribution in [0.4, 0.5) is 0 Å². The summed E-state index contributed by atoms with van der Waals surface area (Å²) in [5.74, 6) is 0. The van der Waals surface area contributed by atoms with Gasteiger partial charge in [-0.25, -0.2) is 11.1 Å². The Morgan fingerprint density at radius 1 is 0.750 bits per heavy atom. The molecule has 0 aromatic rings. The molecule has 0 saturated heterocycles. The predicted octanol–water partition coefficient (Wildman–Crippen LogP) is 1.44. The highest BCUT2D eigenvalue weighted by Gasteiger charge is 0.494. The van der Waals surface area contributed by atoms with Crippen LogP contribution in [0, 0.1) is 11.1 Å².